The normalized spacial score (nSPS) is 17.0. The van der Waals surface area contributed by atoms with Crippen molar-refractivity contribution in [2.75, 3.05) is 14.1 Å². The van der Waals surface area contributed by atoms with E-state index in [9.17, 15) is 8.42 Å². The first-order valence-electron chi connectivity index (χ1n) is 7.19. The molecule has 1 aliphatic rings. The average Bonchev–Trinajstić information content (AvgIpc) is 2.94. The first-order valence-corrected chi connectivity index (χ1v) is 8.63. The number of nitrogens with zero attached hydrogens (tertiary/aromatic N) is 1. The zero-order chi connectivity index (χ0) is 14.8. The van der Waals surface area contributed by atoms with E-state index in [-0.39, 0.29) is 6.04 Å². The van der Waals surface area contributed by atoms with Crippen LogP contribution >= 0.6 is 0 Å². The van der Waals surface area contributed by atoms with E-state index >= 15 is 0 Å². The summed E-state index contributed by atoms with van der Waals surface area (Å²) < 4.78 is 26.9. The van der Waals surface area contributed by atoms with E-state index in [1.54, 1.807) is 23.5 Å². The van der Waals surface area contributed by atoms with Gasteiger partial charge < -0.3 is 5.32 Å². The fourth-order valence-corrected chi connectivity index (χ4v) is 4.29. The molecule has 112 valence electrons. The van der Waals surface area contributed by atoms with E-state index in [1.165, 1.54) is 0 Å². The van der Waals surface area contributed by atoms with Crippen LogP contribution in [0.15, 0.2) is 23.1 Å². The number of sulfonamides is 1. The van der Waals surface area contributed by atoms with Gasteiger partial charge in [-0.15, -0.1) is 0 Å². The van der Waals surface area contributed by atoms with Crippen molar-refractivity contribution in [2.45, 2.75) is 50.1 Å². The molecule has 0 amide bonds. The highest BCUT2D eigenvalue weighted by atomic mass is 32.2. The van der Waals surface area contributed by atoms with Crippen molar-refractivity contribution in [1.82, 2.24) is 9.62 Å². The summed E-state index contributed by atoms with van der Waals surface area (Å²) >= 11 is 0. The minimum atomic E-state index is -3.37. The molecule has 0 spiro atoms. The summed E-state index contributed by atoms with van der Waals surface area (Å²) in [6.07, 6.45) is 4.21. The molecule has 1 aromatic carbocycles. The number of nitrogens with one attached hydrogen (secondary N) is 1. The lowest BCUT2D eigenvalue weighted by atomic mass is 10.1. The summed E-state index contributed by atoms with van der Waals surface area (Å²) in [6, 6.07) is 5.57. The highest BCUT2D eigenvalue weighted by Crippen LogP contribution is 2.28. The lowest BCUT2D eigenvalue weighted by molar-refractivity contribution is 0.373. The second-order valence-electron chi connectivity index (χ2n) is 5.58. The van der Waals surface area contributed by atoms with Crippen LogP contribution in [0.5, 0.6) is 0 Å². The van der Waals surface area contributed by atoms with Crippen LogP contribution in [0.4, 0.5) is 0 Å². The molecule has 0 radical (unpaired) electrons. The monoisotopic (exact) mass is 296 g/mol. The molecule has 20 heavy (non-hydrogen) atoms. The fraction of sp³-hybridized carbons (Fsp3) is 0.600. The maximum Gasteiger partial charge on any atom is 0.243 e. The highest BCUT2D eigenvalue weighted by molar-refractivity contribution is 7.89. The molecule has 1 aliphatic carbocycles. The smallest absolute Gasteiger partial charge is 0.243 e. The van der Waals surface area contributed by atoms with E-state index in [4.69, 9.17) is 0 Å². The van der Waals surface area contributed by atoms with Crippen molar-refractivity contribution in [3.8, 4) is 0 Å². The summed E-state index contributed by atoms with van der Waals surface area (Å²) in [5.41, 5.74) is 2.15. The van der Waals surface area contributed by atoms with Crippen molar-refractivity contribution in [1.29, 1.82) is 0 Å². The molecule has 0 aliphatic heterocycles. The first-order chi connectivity index (χ1) is 9.46. The number of rotatable bonds is 5. The molecule has 1 fully saturated rings. The highest BCUT2D eigenvalue weighted by Gasteiger charge is 2.30. The molecule has 0 unspecified atom stereocenters. The van der Waals surface area contributed by atoms with Crippen LogP contribution in [-0.2, 0) is 16.6 Å². The van der Waals surface area contributed by atoms with Gasteiger partial charge in [-0.1, -0.05) is 18.9 Å². The molecular formula is C15H24N2O2S. The average molecular weight is 296 g/mol. The van der Waals surface area contributed by atoms with Crippen LogP contribution in [-0.4, -0.2) is 32.9 Å². The molecule has 5 heteroatoms. The van der Waals surface area contributed by atoms with Gasteiger partial charge in [0.25, 0.3) is 0 Å². The number of benzene rings is 1. The standard InChI is InChI=1S/C15H24N2O2S/c1-12-8-9-15(10-13(12)11-16-2)20(18,19)17(3)14-6-4-5-7-14/h8-10,14,16H,4-7,11H2,1-3H3. The van der Waals surface area contributed by atoms with Gasteiger partial charge in [0.2, 0.25) is 10.0 Å². The van der Waals surface area contributed by atoms with Crippen molar-refractivity contribution in [3.63, 3.8) is 0 Å². The predicted octanol–water partition coefficient (Wildman–Crippen LogP) is 2.28. The quantitative estimate of drug-likeness (QED) is 0.907. The Labute approximate surface area is 122 Å². The molecule has 4 nitrogen and oxygen atoms in total. The summed E-state index contributed by atoms with van der Waals surface area (Å²) in [6.45, 7) is 2.69. The van der Waals surface area contributed by atoms with E-state index in [2.05, 4.69) is 5.32 Å². The summed E-state index contributed by atoms with van der Waals surface area (Å²) in [7, 11) is 0.203. The van der Waals surface area contributed by atoms with Crippen molar-refractivity contribution >= 4 is 10.0 Å². The third-order valence-electron chi connectivity index (χ3n) is 4.20. The van der Waals surface area contributed by atoms with Crippen molar-refractivity contribution in [3.05, 3.63) is 29.3 Å². The number of hydrogen-bond acceptors (Lipinski definition) is 3. The maximum atomic E-state index is 12.7. The van der Waals surface area contributed by atoms with Crippen LogP contribution in [0, 0.1) is 6.92 Å². The van der Waals surface area contributed by atoms with E-state index in [1.807, 2.05) is 20.0 Å². The van der Waals surface area contributed by atoms with Gasteiger partial charge in [-0.25, -0.2) is 8.42 Å². The van der Waals surface area contributed by atoms with Gasteiger partial charge in [0.1, 0.15) is 0 Å². The Hall–Kier alpha value is -0.910. The second kappa shape index (κ2) is 6.24. The minimum Gasteiger partial charge on any atom is -0.316 e. The summed E-state index contributed by atoms with van der Waals surface area (Å²) in [5.74, 6) is 0. The van der Waals surface area contributed by atoms with Crippen LogP contribution < -0.4 is 5.32 Å². The Bertz CT molecular complexity index is 563. The first kappa shape index (κ1) is 15.5. The third-order valence-corrected chi connectivity index (χ3v) is 6.11. The summed E-state index contributed by atoms with van der Waals surface area (Å²) in [4.78, 5) is 0.405. The maximum absolute atomic E-state index is 12.7. The van der Waals surface area contributed by atoms with Crippen molar-refractivity contribution < 1.29 is 8.42 Å². The van der Waals surface area contributed by atoms with Crippen LogP contribution in [0.25, 0.3) is 0 Å². The molecule has 0 heterocycles. The molecule has 0 saturated heterocycles. The Balaban J connectivity index is 2.31. The van der Waals surface area contributed by atoms with Crippen LogP contribution in [0.1, 0.15) is 36.8 Å². The van der Waals surface area contributed by atoms with Gasteiger partial charge in [-0.05, 0) is 50.1 Å². The van der Waals surface area contributed by atoms with Crippen molar-refractivity contribution in [2.24, 2.45) is 0 Å². The van der Waals surface area contributed by atoms with E-state index < -0.39 is 10.0 Å². The molecule has 1 saturated carbocycles. The minimum absolute atomic E-state index is 0.161. The Morgan fingerprint density at radius 2 is 1.95 bits per heavy atom. The number of aryl methyl sites for hydroxylation is 1. The molecule has 0 bridgehead atoms. The largest absolute Gasteiger partial charge is 0.316 e. The van der Waals surface area contributed by atoms with E-state index in [0.29, 0.717) is 11.4 Å². The topological polar surface area (TPSA) is 49.4 Å². The predicted molar refractivity (Wildman–Crippen MR) is 81.1 cm³/mol. The lowest BCUT2D eigenvalue weighted by Gasteiger charge is -2.24. The van der Waals surface area contributed by atoms with Gasteiger partial charge >= 0.3 is 0 Å². The second-order valence-corrected chi connectivity index (χ2v) is 7.58. The van der Waals surface area contributed by atoms with Gasteiger partial charge in [0.15, 0.2) is 0 Å². The molecule has 0 atom stereocenters. The Morgan fingerprint density at radius 3 is 2.55 bits per heavy atom. The molecular weight excluding hydrogens is 272 g/mol. The molecule has 0 aromatic heterocycles. The molecule has 1 aromatic rings. The molecule has 1 N–H and O–H groups in total. The van der Waals surface area contributed by atoms with Gasteiger partial charge in [-0.2, -0.15) is 4.31 Å². The third kappa shape index (κ3) is 3.05. The Morgan fingerprint density at radius 1 is 1.30 bits per heavy atom. The van der Waals surface area contributed by atoms with Gasteiger partial charge in [-0.3, -0.25) is 0 Å². The summed E-state index contributed by atoms with van der Waals surface area (Å²) in [5, 5.41) is 3.08. The van der Waals surface area contributed by atoms with E-state index in [0.717, 1.165) is 36.8 Å². The zero-order valence-corrected chi connectivity index (χ0v) is 13.3. The van der Waals surface area contributed by atoms with Crippen LogP contribution in [0.2, 0.25) is 0 Å². The zero-order valence-electron chi connectivity index (χ0n) is 12.5. The number of hydrogen-bond donors (Lipinski definition) is 1. The van der Waals surface area contributed by atoms with Crippen LogP contribution in [0.3, 0.4) is 0 Å². The van der Waals surface area contributed by atoms with Gasteiger partial charge in [0, 0.05) is 19.6 Å². The van der Waals surface area contributed by atoms with Gasteiger partial charge in [0.05, 0.1) is 4.90 Å². The molecule has 2 rings (SSSR count). The fourth-order valence-electron chi connectivity index (χ4n) is 2.82. The Kier molecular flexibility index (Phi) is 4.83. The lowest BCUT2D eigenvalue weighted by Crippen LogP contribution is -2.35. The SMILES string of the molecule is CNCc1cc(S(=O)(=O)N(C)C2CCCC2)ccc1C.